The fourth-order valence-electron chi connectivity index (χ4n) is 4.24. The quantitative estimate of drug-likeness (QED) is 0.302. The van der Waals surface area contributed by atoms with E-state index in [0.717, 1.165) is 0 Å². The van der Waals surface area contributed by atoms with Crippen molar-refractivity contribution in [3.05, 3.63) is 72.1 Å². The Morgan fingerprint density at radius 2 is 1.62 bits per heavy atom. The molecule has 1 aliphatic heterocycles. The summed E-state index contributed by atoms with van der Waals surface area (Å²) in [5.41, 5.74) is 6.12. The summed E-state index contributed by atoms with van der Waals surface area (Å²) in [7, 11) is -4.16. The number of Topliss-reactive ketones (excluding diaryl/α,β-unsaturated/α-hetero) is 1. The monoisotopic (exact) mass is 556 g/mol. The van der Waals surface area contributed by atoms with E-state index in [1.54, 1.807) is 60.4 Å². The molecule has 0 spiro atoms. The Bertz CT molecular complexity index is 1250. The van der Waals surface area contributed by atoms with Gasteiger partial charge in [0.25, 0.3) is 0 Å². The van der Waals surface area contributed by atoms with Crippen molar-refractivity contribution in [2.45, 2.75) is 43.2 Å². The van der Waals surface area contributed by atoms with Gasteiger partial charge >= 0.3 is 6.03 Å². The smallest absolute Gasteiger partial charge is 0.325 e. The van der Waals surface area contributed by atoms with Gasteiger partial charge in [-0.3, -0.25) is 14.5 Å². The predicted molar refractivity (Wildman–Crippen MR) is 149 cm³/mol. The lowest BCUT2D eigenvalue weighted by molar-refractivity contribution is -0.126. The van der Waals surface area contributed by atoms with Gasteiger partial charge in [-0.25, -0.2) is 13.2 Å². The van der Waals surface area contributed by atoms with E-state index < -0.39 is 38.5 Å². The Morgan fingerprint density at radius 1 is 1.03 bits per heavy atom. The Labute approximate surface area is 229 Å². The zero-order valence-corrected chi connectivity index (χ0v) is 22.9. The van der Waals surface area contributed by atoms with Crippen LogP contribution in [0.4, 0.5) is 10.5 Å². The largest absolute Gasteiger partial charge is 0.378 e. The molecule has 3 rings (SSSR count). The van der Waals surface area contributed by atoms with Crippen LogP contribution in [0.15, 0.2) is 77.0 Å². The summed E-state index contributed by atoms with van der Waals surface area (Å²) < 4.78 is 31.5. The van der Waals surface area contributed by atoms with E-state index >= 15 is 0 Å². The van der Waals surface area contributed by atoms with Gasteiger partial charge in [-0.2, -0.15) is 0 Å². The Kier molecular flexibility index (Phi) is 10.8. The van der Waals surface area contributed by atoms with E-state index in [1.165, 1.54) is 17.0 Å². The first kappa shape index (κ1) is 30.0. The van der Waals surface area contributed by atoms with Crippen LogP contribution < -0.4 is 16.0 Å². The number of rotatable bonds is 12. The number of hydrogen-bond donors (Lipinski definition) is 2. The third-order valence-electron chi connectivity index (χ3n) is 6.52. The van der Waals surface area contributed by atoms with E-state index in [2.05, 4.69) is 11.9 Å². The zero-order valence-electron chi connectivity index (χ0n) is 22.1. The number of nitrogens with two attached hydrogens (primary N) is 1. The van der Waals surface area contributed by atoms with Crippen molar-refractivity contribution in [1.29, 1.82) is 0 Å². The highest BCUT2D eigenvalue weighted by molar-refractivity contribution is 7.96. The molecule has 210 valence electrons. The highest BCUT2D eigenvalue weighted by Gasteiger charge is 2.35. The molecule has 0 aliphatic carbocycles. The maximum absolute atomic E-state index is 13.5. The minimum Gasteiger partial charge on any atom is -0.378 e. The summed E-state index contributed by atoms with van der Waals surface area (Å²) in [5, 5.41) is 2.70. The van der Waals surface area contributed by atoms with Gasteiger partial charge in [0, 0.05) is 18.8 Å². The average Bonchev–Trinajstić information content (AvgIpc) is 2.97. The number of sulfone groups is 1. The molecule has 0 unspecified atom stereocenters. The molecule has 1 saturated heterocycles. The van der Waals surface area contributed by atoms with E-state index in [-0.39, 0.29) is 17.3 Å². The topological polar surface area (TPSA) is 139 Å². The van der Waals surface area contributed by atoms with Crippen LogP contribution in [0.5, 0.6) is 0 Å². The number of nitrogens with zero attached hydrogens (tertiary/aromatic N) is 2. The molecule has 2 aromatic carbocycles. The summed E-state index contributed by atoms with van der Waals surface area (Å²) >= 11 is 0. The number of hydrogen-bond acceptors (Lipinski definition) is 7. The summed E-state index contributed by atoms with van der Waals surface area (Å²) in [4.78, 5) is 42.8. The Hall–Kier alpha value is -3.54. The van der Waals surface area contributed by atoms with Crippen molar-refractivity contribution in [1.82, 2.24) is 10.2 Å². The lowest BCUT2D eigenvalue weighted by Gasteiger charge is -2.36. The standard InChI is InChI=1S/C28H36N4O6S/c1-21(32(23-11-5-3-6-12-23)28(35)31-17-19-38-20-18-31)27(34)30-25(15-9-10-16-29)26(33)22(2)39(36,37)24-13-7-4-8-14-24/h3-8,11-14,21,25H,2,9-10,15-20,29H2,1H3,(H,30,34)/t21-,25-/m0/s1. The van der Waals surface area contributed by atoms with Gasteiger partial charge in [-0.05, 0) is 57.0 Å². The second kappa shape index (κ2) is 14.0. The Balaban J connectivity index is 1.85. The number of ketones is 1. The molecule has 0 bridgehead atoms. The Morgan fingerprint density at radius 3 is 2.21 bits per heavy atom. The number of amides is 3. The number of benzene rings is 2. The molecule has 11 heteroatoms. The fraction of sp³-hybridized carbons (Fsp3) is 0.393. The molecule has 0 radical (unpaired) electrons. The second-order valence-corrected chi connectivity index (χ2v) is 11.2. The molecule has 2 aromatic rings. The predicted octanol–water partition coefficient (Wildman–Crippen LogP) is 2.50. The molecular weight excluding hydrogens is 520 g/mol. The molecule has 3 N–H and O–H groups in total. The van der Waals surface area contributed by atoms with Gasteiger partial charge < -0.3 is 20.7 Å². The number of anilines is 1. The molecule has 3 amide bonds. The molecule has 10 nitrogen and oxygen atoms in total. The van der Waals surface area contributed by atoms with Gasteiger partial charge in [-0.1, -0.05) is 43.0 Å². The number of carbonyl (C=O) groups is 3. The molecule has 2 atom stereocenters. The number of ether oxygens (including phenoxy) is 1. The van der Waals surface area contributed by atoms with E-state index in [4.69, 9.17) is 10.5 Å². The lowest BCUT2D eigenvalue weighted by Crippen LogP contribution is -2.57. The van der Waals surface area contributed by atoms with Gasteiger partial charge in [0.2, 0.25) is 15.7 Å². The molecule has 39 heavy (non-hydrogen) atoms. The third-order valence-corrected chi connectivity index (χ3v) is 8.26. The van der Waals surface area contributed by atoms with Crippen LogP contribution in [-0.2, 0) is 24.2 Å². The van der Waals surface area contributed by atoms with Crippen LogP contribution in [0, 0.1) is 0 Å². The molecule has 1 aliphatic rings. The van der Waals surface area contributed by atoms with Crippen molar-refractivity contribution >= 4 is 33.2 Å². The van der Waals surface area contributed by atoms with E-state index in [1.807, 2.05) is 0 Å². The lowest BCUT2D eigenvalue weighted by atomic mass is 10.0. The summed E-state index contributed by atoms with van der Waals surface area (Å²) in [6.45, 7) is 7.08. The first-order valence-electron chi connectivity index (χ1n) is 12.9. The number of urea groups is 1. The average molecular weight is 557 g/mol. The van der Waals surface area contributed by atoms with Gasteiger partial charge in [-0.15, -0.1) is 0 Å². The fourth-order valence-corrected chi connectivity index (χ4v) is 5.44. The minimum atomic E-state index is -4.16. The number of nitrogens with one attached hydrogen (secondary N) is 1. The van der Waals surface area contributed by atoms with Crippen molar-refractivity contribution in [3.63, 3.8) is 0 Å². The zero-order chi connectivity index (χ0) is 28.4. The highest BCUT2D eigenvalue weighted by atomic mass is 32.2. The van der Waals surface area contributed by atoms with Crippen LogP contribution in [0.25, 0.3) is 0 Å². The molecule has 1 fully saturated rings. The van der Waals surface area contributed by atoms with Crippen molar-refractivity contribution in [3.8, 4) is 0 Å². The highest BCUT2D eigenvalue weighted by Crippen LogP contribution is 2.22. The number of unbranched alkanes of at least 4 members (excludes halogenated alkanes) is 1. The third kappa shape index (κ3) is 7.53. The second-order valence-electron chi connectivity index (χ2n) is 9.21. The number of carbonyl (C=O) groups excluding carboxylic acids is 3. The molecular formula is C28H36N4O6S. The van der Waals surface area contributed by atoms with E-state index in [0.29, 0.717) is 51.4 Å². The van der Waals surface area contributed by atoms with Crippen LogP contribution in [0.1, 0.15) is 26.2 Å². The van der Waals surface area contributed by atoms with E-state index in [9.17, 15) is 22.8 Å². The van der Waals surface area contributed by atoms with Crippen LogP contribution in [0.3, 0.4) is 0 Å². The van der Waals surface area contributed by atoms with Crippen LogP contribution in [-0.4, -0.2) is 76.0 Å². The number of para-hydroxylation sites is 1. The number of morpholine rings is 1. The maximum Gasteiger partial charge on any atom is 0.325 e. The van der Waals surface area contributed by atoms with Crippen molar-refractivity contribution < 1.29 is 27.5 Å². The van der Waals surface area contributed by atoms with Crippen LogP contribution >= 0.6 is 0 Å². The first-order valence-corrected chi connectivity index (χ1v) is 14.4. The molecule has 1 heterocycles. The van der Waals surface area contributed by atoms with Gasteiger partial charge in [0.15, 0.2) is 5.78 Å². The summed E-state index contributed by atoms with van der Waals surface area (Å²) in [6.07, 6.45) is 1.23. The van der Waals surface area contributed by atoms with Gasteiger partial charge in [0.05, 0.1) is 24.2 Å². The normalized spacial score (nSPS) is 15.2. The molecule has 0 aromatic heterocycles. The minimum absolute atomic E-state index is 0.0601. The van der Waals surface area contributed by atoms with Crippen LogP contribution in [0.2, 0.25) is 0 Å². The SMILES string of the molecule is C=C(C(=O)[C@H](CCCCN)NC(=O)[C@H](C)N(C(=O)N1CCOCC1)c1ccccc1)S(=O)(=O)c1ccccc1. The molecule has 0 saturated carbocycles. The van der Waals surface area contributed by atoms with Gasteiger partial charge in [0.1, 0.15) is 10.9 Å². The first-order chi connectivity index (χ1) is 18.7. The summed E-state index contributed by atoms with van der Waals surface area (Å²) in [5.74, 6) is -1.40. The summed E-state index contributed by atoms with van der Waals surface area (Å²) in [6, 6.07) is 13.8. The van der Waals surface area contributed by atoms with Crippen molar-refractivity contribution in [2.24, 2.45) is 5.73 Å². The van der Waals surface area contributed by atoms with Crippen molar-refractivity contribution in [2.75, 3.05) is 37.7 Å². The maximum atomic E-state index is 13.5.